The highest BCUT2D eigenvalue weighted by Gasteiger charge is 2.18. The first-order chi connectivity index (χ1) is 14.0. The van der Waals surface area contributed by atoms with Crippen molar-refractivity contribution in [2.75, 3.05) is 31.1 Å². The summed E-state index contributed by atoms with van der Waals surface area (Å²) in [5.41, 5.74) is 4.81. The molecule has 0 atom stereocenters. The molecule has 11 heteroatoms. The third-order valence-corrected chi connectivity index (χ3v) is 5.28. The van der Waals surface area contributed by atoms with E-state index in [9.17, 15) is 14.5 Å². The number of aromatic nitrogens is 4. The molecule has 0 bridgehead atoms. The van der Waals surface area contributed by atoms with Crippen LogP contribution >= 0.6 is 0 Å². The van der Waals surface area contributed by atoms with Gasteiger partial charge >= 0.3 is 5.69 Å². The molecule has 1 N–H and O–H groups in total. The van der Waals surface area contributed by atoms with Crippen molar-refractivity contribution < 1.29 is 0 Å². The molecule has 1 aliphatic heterocycles. The SMILES string of the molecule is Cn1c(=O)c2c(ncn2CNN2CCN(c3ccc(N=O)cc3)CC2)n(C)c1=O. The average Bonchev–Trinajstić information content (AvgIpc) is 3.19. The predicted molar refractivity (Wildman–Crippen MR) is 109 cm³/mol. The molecule has 0 radical (unpaired) electrons. The number of hydrogen-bond donors (Lipinski definition) is 1. The molecule has 0 saturated carbocycles. The summed E-state index contributed by atoms with van der Waals surface area (Å²) in [6.45, 7) is 3.60. The Kier molecular flexibility index (Phi) is 4.99. The second-order valence-corrected chi connectivity index (χ2v) is 6.99. The van der Waals surface area contributed by atoms with Crippen molar-refractivity contribution in [2.45, 2.75) is 6.67 Å². The van der Waals surface area contributed by atoms with E-state index in [2.05, 4.69) is 25.5 Å². The van der Waals surface area contributed by atoms with E-state index in [1.807, 2.05) is 12.1 Å². The van der Waals surface area contributed by atoms with E-state index < -0.39 is 5.69 Å². The van der Waals surface area contributed by atoms with E-state index in [1.54, 1.807) is 30.1 Å². The zero-order valence-corrected chi connectivity index (χ0v) is 16.3. The Hall–Kier alpha value is -3.31. The number of benzene rings is 1. The van der Waals surface area contributed by atoms with Gasteiger partial charge in [-0.15, -0.1) is 4.91 Å². The lowest BCUT2D eigenvalue weighted by molar-refractivity contribution is 0.157. The van der Waals surface area contributed by atoms with Gasteiger partial charge in [0.15, 0.2) is 11.2 Å². The number of piperazine rings is 1. The quantitative estimate of drug-likeness (QED) is 0.608. The van der Waals surface area contributed by atoms with Crippen LogP contribution in [0.25, 0.3) is 11.2 Å². The molecule has 1 aliphatic rings. The predicted octanol–water partition coefficient (Wildman–Crippen LogP) is 0.116. The maximum Gasteiger partial charge on any atom is 0.332 e. The Bertz CT molecular complexity index is 1150. The van der Waals surface area contributed by atoms with Crippen molar-refractivity contribution in [1.29, 1.82) is 0 Å². The molecule has 29 heavy (non-hydrogen) atoms. The molecule has 152 valence electrons. The molecule has 4 rings (SSSR count). The first-order valence-electron chi connectivity index (χ1n) is 9.27. The Balaban J connectivity index is 1.41. The van der Waals surface area contributed by atoms with Gasteiger partial charge in [-0.25, -0.2) is 20.2 Å². The summed E-state index contributed by atoms with van der Waals surface area (Å²) in [5.74, 6) is 0. The minimum Gasteiger partial charge on any atom is -0.369 e. The van der Waals surface area contributed by atoms with E-state index in [-0.39, 0.29) is 5.56 Å². The van der Waals surface area contributed by atoms with Crippen LogP contribution in [0.4, 0.5) is 11.4 Å². The summed E-state index contributed by atoms with van der Waals surface area (Å²) in [4.78, 5) is 41.5. The van der Waals surface area contributed by atoms with Crippen molar-refractivity contribution in [3.63, 3.8) is 0 Å². The maximum absolute atomic E-state index is 12.5. The third-order valence-electron chi connectivity index (χ3n) is 5.28. The summed E-state index contributed by atoms with van der Waals surface area (Å²) in [6, 6.07) is 7.23. The number of nitrogens with zero attached hydrogens (tertiary/aromatic N) is 7. The zero-order valence-electron chi connectivity index (χ0n) is 16.3. The average molecular weight is 398 g/mol. The van der Waals surface area contributed by atoms with Crippen LogP contribution < -0.4 is 21.6 Å². The lowest BCUT2D eigenvalue weighted by Gasteiger charge is -2.36. The molecule has 3 heterocycles. The number of fused-ring (bicyclic) bond motifs is 1. The lowest BCUT2D eigenvalue weighted by Crippen LogP contribution is -2.52. The fourth-order valence-electron chi connectivity index (χ4n) is 3.54. The third kappa shape index (κ3) is 3.45. The molecule has 0 unspecified atom stereocenters. The van der Waals surface area contributed by atoms with E-state index in [1.165, 1.54) is 11.6 Å². The number of nitroso groups, excluding NO2 is 1. The summed E-state index contributed by atoms with van der Waals surface area (Å²) >= 11 is 0. The van der Waals surface area contributed by atoms with E-state index in [0.29, 0.717) is 23.5 Å². The first-order valence-corrected chi connectivity index (χ1v) is 9.27. The number of anilines is 1. The van der Waals surface area contributed by atoms with Crippen LogP contribution in [0, 0.1) is 4.91 Å². The van der Waals surface area contributed by atoms with Gasteiger partial charge in [-0.2, -0.15) is 0 Å². The van der Waals surface area contributed by atoms with Gasteiger partial charge in [0, 0.05) is 46.0 Å². The second-order valence-electron chi connectivity index (χ2n) is 6.99. The highest BCUT2D eigenvalue weighted by Crippen LogP contribution is 2.20. The Labute approximate surface area is 165 Å². The molecule has 0 spiro atoms. The van der Waals surface area contributed by atoms with Gasteiger partial charge in [0.1, 0.15) is 5.69 Å². The summed E-state index contributed by atoms with van der Waals surface area (Å²) in [6.07, 6.45) is 1.57. The molecule has 2 aromatic heterocycles. The topological polar surface area (TPSA) is 110 Å². The number of imidazole rings is 1. The molecule has 1 fully saturated rings. The van der Waals surface area contributed by atoms with Crippen molar-refractivity contribution in [2.24, 2.45) is 19.3 Å². The molecule has 1 aromatic carbocycles. The molecule has 3 aromatic rings. The standard InChI is InChI=1S/C18H22N8O3/c1-22-16-15(17(27)23(2)18(22)28)25(11-19-16)12-20-26-9-7-24(8-10-26)14-5-3-13(21-29)4-6-14/h3-6,11,20H,7-10,12H2,1-2H3. The van der Waals surface area contributed by atoms with Gasteiger partial charge in [0.25, 0.3) is 5.56 Å². The van der Waals surface area contributed by atoms with Crippen molar-refractivity contribution in [3.05, 3.63) is 56.3 Å². The minimum atomic E-state index is -0.395. The lowest BCUT2D eigenvalue weighted by atomic mass is 10.2. The van der Waals surface area contributed by atoms with Gasteiger partial charge in [0.2, 0.25) is 0 Å². The number of aryl methyl sites for hydroxylation is 1. The number of rotatable bonds is 5. The first kappa shape index (κ1) is 19.0. The van der Waals surface area contributed by atoms with Gasteiger partial charge < -0.3 is 9.47 Å². The second kappa shape index (κ2) is 7.60. The summed E-state index contributed by atoms with van der Waals surface area (Å²) in [7, 11) is 3.07. The largest absolute Gasteiger partial charge is 0.369 e. The minimum absolute atomic E-state index is 0.361. The Morgan fingerprint density at radius 3 is 2.38 bits per heavy atom. The van der Waals surface area contributed by atoms with Gasteiger partial charge in [-0.3, -0.25) is 13.9 Å². The number of hydrogen-bond acceptors (Lipinski definition) is 8. The molecular formula is C18H22N8O3. The zero-order chi connectivity index (χ0) is 20.5. The van der Waals surface area contributed by atoms with Crippen LogP contribution in [-0.2, 0) is 20.8 Å². The maximum atomic E-state index is 12.5. The van der Waals surface area contributed by atoms with Gasteiger partial charge in [0.05, 0.1) is 13.0 Å². The number of hydrazine groups is 1. The Morgan fingerprint density at radius 1 is 1.03 bits per heavy atom. The van der Waals surface area contributed by atoms with Gasteiger partial charge in [-0.1, -0.05) is 0 Å². The van der Waals surface area contributed by atoms with Crippen LogP contribution in [0.1, 0.15) is 0 Å². The normalized spacial score (nSPS) is 15.2. The van der Waals surface area contributed by atoms with Crippen molar-refractivity contribution in [1.82, 2.24) is 29.1 Å². The van der Waals surface area contributed by atoms with Gasteiger partial charge in [-0.05, 0) is 29.4 Å². The smallest absolute Gasteiger partial charge is 0.332 e. The van der Waals surface area contributed by atoms with Crippen molar-refractivity contribution in [3.8, 4) is 0 Å². The van der Waals surface area contributed by atoms with Crippen LogP contribution in [0.15, 0.2) is 45.4 Å². The fourth-order valence-corrected chi connectivity index (χ4v) is 3.54. The molecule has 1 saturated heterocycles. The van der Waals surface area contributed by atoms with E-state index in [0.717, 1.165) is 36.4 Å². The summed E-state index contributed by atoms with van der Waals surface area (Å²) < 4.78 is 4.18. The Morgan fingerprint density at radius 2 is 1.72 bits per heavy atom. The number of nitrogens with one attached hydrogen (secondary N) is 1. The van der Waals surface area contributed by atoms with Crippen LogP contribution in [0.5, 0.6) is 0 Å². The molecular weight excluding hydrogens is 376 g/mol. The highest BCUT2D eigenvalue weighted by molar-refractivity contribution is 5.69. The van der Waals surface area contributed by atoms with Crippen LogP contribution in [0.3, 0.4) is 0 Å². The fraction of sp³-hybridized carbons (Fsp3) is 0.389. The highest BCUT2D eigenvalue weighted by atomic mass is 16.3. The monoisotopic (exact) mass is 398 g/mol. The molecule has 11 nitrogen and oxygen atoms in total. The van der Waals surface area contributed by atoms with Crippen LogP contribution in [-0.4, -0.2) is 49.9 Å². The van der Waals surface area contributed by atoms with E-state index in [4.69, 9.17) is 0 Å². The molecule has 0 aliphatic carbocycles. The molecule has 0 amide bonds. The van der Waals surface area contributed by atoms with Crippen LogP contribution in [0.2, 0.25) is 0 Å². The summed E-state index contributed by atoms with van der Waals surface area (Å²) in [5, 5.41) is 5.02. The van der Waals surface area contributed by atoms with Crippen molar-refractivity contribution >= 4 is 22.5 Å². The van der Waals surface area contributed by atoms with E-state index >= 15 is 0 Å².